The third-order valence-corrected chi connectivity index (χ3v) is 3.28. The molecule has 1 aromatic carbocycles. The van der Waals surface area contributed by atoms with Crippen LogP contribution in [0.5, 0.6) is 0 Å². The van der Waals surface area contributed by atoms with Gasteiger partial charge in [-0.2, -0.15) is 13.2 Å². The van der Waals surface area contributed by atoms with Crippen molar-refractivity contribution in [3.8, 4) is 0 Å². The maximum Gasteiger partial charge on any atom is 0.416 e. The molecule has 0 N–H and O–H groups in total. The van der Waals surface area contributed by atoms with E-state index in [-0.39, 0.29) is 12.6 Å². The van der Waals surface area contributed by atoms with Crippen molar-refractivity contribution in [1.82, 2.24) is 0 Å². The summed E-state index contributed by atoms with van der Waals surface area (Å²) in [7, 11) is -1.90. The molecule has 0 saturated carbocycles. The maximum absolute atomic E-state index is 12.5. The molecule has 1 rings (SSSR count). The summed E-state index contributed by atoms with van der Waals surface area (Å²) >= 11 is 0. The molecule has 0 radical (unpaired) electrons. The van der Waals surface area contributed by atoms with Crippen molar-refractivity contribution in [2.24, 2.45) is 0 Å². The number of alkyl halides is 3. The van der Waals surface area contributed by atoms with Crippen LogP contribution >= 0.6 is 0 Å². The molecule has 0 saturated heterocycles. The Balaban J connectivity index is 2.70. The number of rotatable bonds is 8. The number of ether oxygens (including phenoxy) is 2. The molecule has 0 spiro atoms. The zero-order valence-electron chi connectivity index (χ0n) is 13.4. The summed E-state index contributed by atoms with van der Waals surface area (Å²) in [4.78, 5) is 0. The topological polar surface area (TPSA) is 27.7 Å². The van der Waals surface area contributed by atoms with Crippen molar-refractivity contribution in [3.63, 3.8) is 0 Å². The number of benzene rings is 1. The lowest BCUT2D eigenvalue weighted by Crippen LogP contribution is -2.25. The van der Waals surface area contributed by atoms with Gasteiger partial charge in [0, 0.05) is 0 Å². The molecule has 0 fully saturated rings. The third kappa shape index (κ3) is 7.78. The van der Waals surface area contributed by atoms with E-state index in [1.165, 1.54) is 18.4 Å². The molecule has 0 aromatic heterocycles. The second-order valence-electron chi connectivity index (χ2n) is 5.76. The van der Waals surface area contributed by atoms with Crippen molar-refractivity contribution in [2.75, 3.05) is 6.61 Å². The zero-order chi connectivity index (χ0) is 17.5. The maximum atomic E-state index is 12.5. The summed E-state index contributed by atoms with van der Waals surface area (Å²) in [5.74, 6) is 0.214. The van der Waals surface area contributed by atoms with Crippen LogP contribution in [0.15, 0.2) is 49.1 Å². The Hall–Kier alpha value is -1.89. The van der Waals surface area contributed by atoms with E-state index in [1.807, 2.05) is 19.6 Å². The second kappa shape index (κ2) is 8.10. The Kier molecular flexibility index (Phi) is 6.74. The van der Waals surface area contributed by atoms with Crippen LogP contribution in [0.25, 0.3) is 0 Å². The molecular formula is C16H21F3O3Si. The molecule has 0 aliphatic heterocycles. The molecular weight excluding hydrogens is 325 g/mol. The summed E-state index contributed by atoms with van der Waals surface area (Å²) in [6, 6.07) is 4.80. The van der Waals surface area contributed by atoms with E-state index in [0.29, 0.717) is 12.2 Å². The lowest BCUT2D eigenvalue weighted by molar-refractivity contribution is -0.137. The molecule has 0 aliphatic rings. The van der Waals surface area contributed by atoms with E-state index >= 15 is 0 Å². The highest BCUT2D eigenvalue weighted by molar-refractivity contribution is 6.69. The summed E-state index contributed by atoms with van der Waals surface area (Å²) in [6.07, 6.45) is -1.41. The van der Waals surface area contributed by atoms with Crippen molar-refractivity contribution in [2.45, 2.75) is 32.4 Å². The minimum Gasteiger partial charge on any atom is -0.518 e. The highest BCUT2D eigenvalue weighted by Gasteiger charge is 2.29. The molecule has 1 aromatic rings. The van der Waals surface area contributed by atoms with Gasteiger partial charge in [-0.15, -0.1) is 0 Å². The predicted molar refractivity (Wildman–Crippen MR) is 84.9 cm³/mol. The fourth-order valence-electron chi connectivity index (χ4n) is 1.52. The molecule has 0 unspecified atom stereocenters. The van der Waals surface area contributed by atoms with Gasteiger partial charge in [0.25, 0.3) is 0 Å². The number of halogens is 3. The second-order valence-corrected chi connectivity index (χ2v) is 10.2. The molecule has 23 heavy (non-hydrogen) atoms. The predicted octanol–water partition coefficient (Wildman–Crippen LogP) is 5.08. The summed E-state index contributed by atoms with van der Waals surface area (Å²) < 4.78 is 54.0. The van der Waals surface area contributed by atoms with Gasteiger partial charge in [-0.25, -0.2) is 0 Å². The first kappa shape index (κ1) is 19.2. The van der Waals surface area contributed by atoms with Gasteiger partial charge in [-0.1, -0.05) is 24.8 Å². The molecule has 0 amide bonds. The zero-order valence-corrected chi connectivity index (χ0v) is 14.4. The van der Waals surface area contributed by atoms with Crippen LogP contribution in [-0.2, 0) is 26.7 Å². The van der Waals surface area contributed by atoms with Gasteiger partial charge in [0.15, 0.2) is 6.26 Å². The minimum atomic E-state index is -4.34. The number of hydrogen-bond donors (Lipinski definition) is 0. The molecule has 0 bridgehead atoms. The molecule has 128 valence electrons. The summed E-state index contributed by atoms with van der Waals surface area (Å²) in [6.45, 7) is 9.88. The van der Waals surface area contributed by atoms with Gasteiger partial charge in [0.1, 0.15) is 13.2 Å². The standard InChI is InChI=1S/C16H21F3O3Si/c1-5-10-20-12-15(22-23(2,3)4)21-11-13-6-8-14(9-7-13)16(17,18)19/h5-9,12H,1,10-11H2,2-4H3/b15-12-. The smallest absolute Gasteiger partial charge is 0.416 e. The van der Waals surface area contributed by atoms with Gasteiger partial charge in [-0.05, 0) is 37.3 Å². The van der Waals surface area contributed by atoms with E-state index in [4.69, 9.17) is 13.9 Å². The van der Waals surface area contributed by atoms with Gasteiger partial charge >= 0.3 is 12.1 Å². The van der Waals surface area contributed by atoms with E-state index in [2.05, 4.69) is 6.58 Å². The number of hydrogen-bond acceptors (Lipinski definition) is 3. The fourth-order valence-corrected chi connectivity index (χ4v) is 2.23. The monoisotopic (exact) mass is 346 g/mol. The average molecular weight is 346 g/mol. The Labute approximate surface area is 135 Å². The van der Waals surface area contributed by atoms with Crippen LogP contribution in [-0.4, -0.2) is 14.9 Å². The van der Waals surface area contributed by atoms with Crippen LogP contribution in [0.2, 0.25) is 19.6 Å². The van der Waals surface area contributed by atoms with Crippen molar-refractivity contribution in [1.29, 1.82) is 0 Å². The lowest BCUT2D eigenvalue weighted by atomic mass is 10.1. The van der Waals surface area contributed by atoms with E-state index in [0.717, 1.165) is 12.1 Å². The first-order valence-electron chi connectivity index (χ1n) is 7.02. The Bertz CT molecular complexity index is 531. The van der Waals surface area contributed by atoms with Crippen LogP contribution in [0.4, 0.5) is 13.2 Å². The van der Waals surface area contributed by atoms with E-state index in [1.54, 1.807) is 6.08 Å². The Morgan fingerprint density at radius 2 is 1.78 bits per heavy atom. The molecule has 0 heterocycles. The average Bonchev–Trinajstić information content (AvgIpc) is 2.43. The van der Waals surface area contributed by atoms with Gasteiger partial charge in [-0.3, -0.25) is 0 Å². The molecule has 7 heteroatoms. The van der Waals surface area contributed by atoms with Gasteiger partial charge in [0.05, 0.1) is 5.56 Å². The Morgan fingerprint density at radius 1 is 1.17 bits per heavy atom. The highest BCUT2D eigenvalue weighted by atomic mass is 28.4. The molecule has 0 atom stereocenters. The summed E-state index contributed by atoms with van der Waals surface area (Å²) in [5, 5.41) is 0. The van der Waals surface area contributed by atoms with Crippen LogP contribution in [0.1, 0.15) is 11.1 Å². The Morgan fingerprint density at radius 3 is 2.26 bits per heavy atom. The minimum absolute atomic E-state index is 0.0892. The van der Waals surface area contributed by atoms with Crippen LogP contribution in [0, 0.1) is 0 Å². The van der Waals surface area contributed by atoms with Gasteiger partial charge < -0.3 is 13.9 Å². The van der Waals surface area contributed by atoms with Crippen LogP contribution in [0.3, 0.4) is 0 Å². The quantitative estimate of drug-likeness (QED) is 0.284. The molecule has 3 nitrogen and oxygen atoms in total. The normalized spacial score (nSPS) is 12.7. The SMILES string of the molecule is C=CCO/C=C(/OCc1ccc(C(F)(F)F)cc1)O[Si](C)(C)C. The van der Waals surface area contributed by atoms with Crippen molar-refractivity contribution < 1.29 is 27.1 Å². The molecule has 0 aliphatic carbocycles. The largest absolute Gasteiger partial charge is 0.518 e. The lowest BCUT2D eigenvalue weighted by Gasteiger charge is -2.21. The summed E-state index contributed by atoms with van der Waals surface area (Å²) in [5.41, 5.74) is -0.0866. The first-order valence-corrected chi connectivity index (χ1v) is 10.4. The van der Waals surface area contributed by atoms with Gasteiger partial charge in [0.2, 0.25) is 8.32 Å². The third-order valence-electron chi connectivity index (χ3n) is 2.46. The van der Waals surface area contributed by atoms with E-state index < -0.39 is 20.1 Å². The highest BCUT2D eigenvalue weighted by Crippen LogP contribution is 2.29. The fraction of sp³-hybridized carbons (Fsp3) is 0.375. The van der Waals surface area contributed by atoms with Crippen molar-refractivity contribution >= 4 is 8.32 Å². The first-order chi connectivity index (χ1) is 10.6. The van der Waals surface area contributed by atoms with Crippen LogP contribution < -0.4 is 0 Å². The van der Waals surface area contributed by atoms with E-state index in [9.17, 15) is 13.2 Å². The van der Waals surface area contributed by atoms with Crippen molar-refractivity contribution in [3.05, 3.63) is 60.3 Å².